The summed E-state index contributed by atoms with van der Waals surface area (Å²) in [5.74, 6) is -0.526. The maximum absolute atomic E-state index is 12.6. The van der Waals surface area contributed by atoms with Gasteiger partial charge >= 0.3 is 0 Å². The molecule has 0 amide bonds. The Kier molecular flexibility index (Phi) is 38.5. The summed E-state index contributed by atoms with van der Waals surface area (Å²) < 4.78 is 137. The molecular formula is C67H99Br7O28. The van der Waals surface area contributed by atoms with Crippen LogP contribution in [0.25, 0.3) is 0 Å². The van der Waals surface area contributed by atoms with Gasteiger partial charge in [-0.25, -0.2) is 0 Å². The molecule has 14 bridgehead atoms. The largest absolute Gasteiger partial charge is 0.390 e. The Bertz CT molecular complexity index is 2540. The molecule has 0 aromatic heterocycles. The van der Waals surface area contributed by atoms with Crippen molar-refractivity contribution < 1.29 is 135 Å². The molecule has 24 heterocycles. The van der Waals surface area contributed by atoms with Crippen LogP contribution in [0, 0.1) is 5.92 Å². The van der Waals surface area contributed by atoms with E-state index in [1.807, 2.05) is 0 Å². The maximum Gasteiger partial charge on any atom is 0.187 e. The van der Waals surface area contributed by atoms with Gasteiger partial charge in [0.1, 0.15) is 116 Å². The normalized spacial score (nSPS) is 44.9. The van der Waals surface area contributed by atoms with Crippen molar-refractivity contribution in [3.05, 3.63) is 88.6 Å². The summed E-state index contributed by atoms with van der Waals surface area (Å²) in [6, 6.07) is 0. The van der Waals surface area contributed by atoms with Crippen LogP contribution in [0.5, 0.6) is 0 Å². The van der Waals surface area contributed by atoms with Crippen LogP contribution in [0.4, 0.5) is 0 Å². The van der Waals surface area contributed by atoms with Gasteiger partial charge in [-0.05, 0) is 12.8 Å². The molecule has 0 saturated carbocycles. The Labute approximate surface area is 654 Å². The highest BCUT2D eigenvalue weighted by Crippen LogP contribution is 2.42. The fourth-order valence-electron chi connectivity index (χ4n) is 13.5. The monoisotopic (exact) mass is 1900 g/mol. The number of aliphatic hydroxyl groups is 7. The molecule has 7 N–H and O–H groups in total. The third kappa shape index (κ3) is 21.6. The van der Waals surface area contributed by atoms with E-state index in [0.717, 1.165) is 0 Å². The van der Waals surface area contributed by atoms with Crippen LogP contribution in [-0.4, -0.2) is 335 Å². The molecule has 24 aliphatic heterocycles. The molecule has 102 heavy (non-hydrogen) atoms. The lowest BCUT2D eigenvalue weighted by molar-refractivity contribution is -0.395. The standard InChI is InChI=1S/C67H99Br7O28/c1-8-18-82-54-41(75)33-17-15-16-25-89-61-55(83-19-9-2)42(76)48(35(27-69)91-61)98-63-57(85-21-11-4)44(78)50(37(29-71)93-63)100-65-59(87-23-13-6)46(80)52(39(31-73)95-65)102-67-60(88-24-14-7)47(81)53(40(32-74)96-67)101-66-58(86-22-12-5)45(79)51(38(30-72)94-66)99-64-56(84-20-10-3)43(77)49(36(28-70)92-64)97-62(54)90-34(33)26-68/h8-14,33-67,75-81H,1-7,15-32H2/t33-,34?,35?,36?,37?,38?,39?,40?,41+,42+,43+,44+,45+,46+,47+,48-,49-,50-,51-,52-,53-,54?,55?,56?,57?,58?,59?,60?,61+,62-,63-,64-,65-,66-,67-/m1/s1. The molecule has 584 valence electrons. The second-order valence-electron chi connectivity index (χ2n) is 25.1. The summed E-state index contributed by atoms with van der Waals surface area (Å²) >= 11 is 24.9. The molecule has 35 atom stereocenters. The number of aliphatic hydroxyl groups excluding tert-OH is 7. The van der Waals surface area contributed by atoms with Crippen molar-refractivity contribution >= 4 is 112 Å². The maximum atomic E-state index is 12.6. The van der Waals surface area contributed by atoms with Crippen molar-refractivity contribution in [3.63, 3.8) is 0 Å². The SMILES string of the molecule is C=CCOC1[C@@H]2OC(CBr)[C@@H](CCCCO[C@H]3OC(CBr)[C@@H](O[C@H]4OC(CBr)[C@@H](O[C@H]5OC(CBr)[C@@H](O[C@H]6OC(CBr)[C@@H](O[C@H]7OC(CBr)[C@@H](O[C@H]8OC(CBr)[C@@H](O2)[C@H](O)C8OCC=C)[C@H](O)C7OCC=C)[C@H](O)C6OCC=C)[C@H](O)C5OCC=C)[C@H](O)C4OCC=C)[C@H](O)C3OCC=C)[C@@H]1O. The summed E-state index contributed by atoms with van der Waals surface area (Å²) in [5.41, 5.74) is 0. The fourth-order valence-corrected chi connectivity index (χ4v) is 17.3. The van der Waals surface area contributed by atoms with Crippen LogP contribution < -0.4 is 0 Å². The lowest BCUT2D eigenvalue weighted by atomic mass is 9.85. The molecule has 0 aromatic carbocycles. The molecule has 24 saturated heterocycles. The molecule has 35 heteroatoms. The van der Waals surface area contributed by atoms with Gasteiger partial charge in [-0.3, -0.25) is 0 Å². The van der Waals surface area contributed by atoms with Crippen LogP contribution in [0.1, 0.15) is 19.3 Å². The second kappa shape index (κ2) is 44.6. The van der Waals surface area contributed by atoms with Gasteiger partial charge in [0.05, 0.1) is 95.1 Å². The molecule has 0 spiro atoms. The van der Waals surface area contributed by atoms with Crippen LogP contribution in [0.2, 0.25) is 0 Å². The van der Waals surface area contributed by atoms with Crippen LogP contribution in [0.3, 0.4) is 0 Å². The van der Waals surface area contributed by atoms with E-state index < -0.39 is 215 Å². The smallest absolute Gasteiger partial charge is 0.187 e. The van der Waals surface area contributed by atoms with Crippen LogP contribution in [0.15, 0.2) is 88.6 Å². The summed E-state index contributed by atoms with van der Waals surface area (Å²) in [6.07, 6.45) is -32.1. The Morgan fingerprint density at radius 2 is 0.461 bits per heavy atom. The number of hydrogen-bond donors (Lipinski definition) is 7. The van der Waals surface area contributed by atoms with Gasteiger partial charge in [0.2, 0.25) is 0 Å². The van der Waals surface area contributed by atoms with Crippen molar-refractivity contribution in [1.82, 2.24) is 0 Å². The van der Waals surface area contributed by atoms with Gasteiger partial charge in [0.25, 0.3) is 0 Å². The lowest BCUT2D eigenvalue weighted by Crippen LogP contribution is -2.68. The van der Waals surface area contributed by atoms with Gasteiger partial charge < -0.3 is 135 Å². The van der Waals surface area contributed by atoms with Gasteiger partial charge in [-0.15, -0.1) is 46.1 Å². The van der Waals surface area contributed by atoms with Crippen LogP contribution in [-0.2, 0) is 99.5 Å². The number of ether oxygens (including phenoxy) is 21. The predicted octanol–water partition coefficient (Wildman–Crippen LogP) is 4.48. The van der Waals surface area contributed by atoms with E-state index in [2.05, 4.69) is 158 Å². The topological polar surface area (TPSA) is 335 Å². The summed E-state index contributed by atoms with van der Waals surface area (Å²) in [6.45, 7) is 26.3. The van der Waals surface area contributed by atoms with Gasteiger partial charge in [-0.2, -0.15) is 0 Å². The first-order chi connectivity index (χ1) is 49.4. The van der Waals surface area contributed by atoms with Crippen LogP contribution >= 0.6 is 112 Å². The number of fused-ring (bicyclic) bond motifs is 1. The molecule has 0 aromatic rings. The second-order valence-corrected chi connectivity index (χ2v) is 29.6. The van der Waals surface area contributed by atoms with E-state index in [1.165, 1.54) is 42.5 Å². The summed E-state index contributed by atoms with van der Waals surface area (Å²) in [4.78, 5) is 0. The molecule has 24 fully saturated rings. The van der Waals surface area contributed by atoms with Gasteiger partial charge in [0.15, 0.2) is 44.0 Å². The van der Waals surface area contributed by atoms with E-state index in [-0.39, 0.29) is 90.2 Å². The minimum Gasteiger partial charge on any atom is -0.390 e. The highest BCUT2D eigenvalue weighted by Gasteiger charge is 2.60. The minimum absolute atomic E-state index is 0.00304. The first-order valence-corrected chi connectivity index (χ1v) is 41.7. The number of alkyl halides is 7. The quantitative estimate of drug-likeness (QED) is 0.0419. The number of halogens is 7. The zero-order chi connectivity index (χ0) is 73.7. The average molecular weight is 1910 g/mol. The van der Waals surface area contributed by atoms with Gasteiger partial charge in [0, 0.05) is 49.8 Å². The third-order valence-electron chi connectivity index (χ3n) is 18.4. The molecule has 24 rings (SSSR count). The van der Waals surface area contributed by atoms with Crippen molar-refractivity contribution in [1.29, 1.82) is 0 Å². The predicted molar refractivity (Wildman–Crippen MR) is 391 cm³/mol. The van der Waals surface area contributed by atoms with E-state index in [9.17, 15) is 35.7 Å². The summed E-state index contributed by atoms with van der Waals surface area (Å²) in [5, 5.41) is 88.2. The zero-order valence-corrected chi connectivity index (χ0v) is 67.4. The minimum atomic E-state index is -1.61. The highest BCUT2D eigenvalue weighted by atomic mass is 79.9. The van der Waals surface area contributed by atoms with Crippen molar-refractivity contribution in [2.75, 3.05) is 90.2 Å². The van der Waals surface area contributed by atoms with E-state index in [1.54, 1.807) is 0 Å². The molecule has 14 unspecified atom stereocenters. The van der Waals surface area contributed by atoms with Crippen molar-refractivity contribution in [2.45, 2.75) is 228 Å². The van der Waals surface area contributed by atoms with E-state index >= 15 is 0 Å². The molecule has 0 aliphatic carbocycles. The van der Waals surface area contributed by atoms with Crippen molar-refractivity contribution in [2.24, 2.45) is 5.92 Å². The first kappa shape index (κ1) is 88.0. The zero-order valence-electron chi connectivity index (χ0n) is 56.3. The van der Waals surface area contributed by atoms with Gasteiger partial charge in [-0.1, -0.05) is 160 Å². The van der Waals surface area contributed by atoms with E-state index in [4.69, 9.17) is 99.5 Å². The lowest BCUT2D eigenvalue weighted by Gasteiger charge is -2.51. The van der Waals surface area contributed by atoms with Crippen molar-refractivity contribution in [3.8, 4) is 0 Å². The molecule has 24 aliphatic rings. The molecule has 0 radical (unpaired) electrons. The van der Waals surface area contributed by atoms with E-state index in [0.29, 0.717) is 19.3 Å². The number of rotatable bonds is 28. The Morgan fingerprint density at radius 1 is 0.265 bits per heavy atom. The Morgan fingerprint density at radius 3 is 0.676 bits per heavy atom. The third-order valence-corrected chi connectivity index (χ3v) is 22.9. The fraction of sp³-hybridized carbons (Fsp3) is 0.791. The Balaban J connectivity index is 1.15. The first-order valence-electron chi connectivity index (χ1n) is 33.8. The number of hydrogen-bond acceptors (Lipinski definition) is 28. The Hall–Kier alpha value is 0.420. The highest BCUT2D eigenvalue weighted by molar-refractivity contribution is 9.10. The summed E-state index contributed by atoms with van der Waals surface area (Å²) in [7, 11) is 0. The molecular weight excluding hydrogens is 1810 g/mol. The average Bonchev–Trinajstić information content (AvgIpc) is 0.773. The molecule has 28 nitrogen and oxygen atoms in total.